The van der Waals surface area contributed by atoms with Crippen molar-refractivity contribution in [1.29, 1.82) is 0 Å². The summed E-state index contributed by atoms with van der Waals surface area (Å²) in [6.45, 7) is 19.5. The summed E-state index contributed by atoms with van der Waals surface area (Å²) in [7, 11) is 2.09. The van der Waals surface area contributed by atoms with Gasteiger partial charge in [-0.15, -0.1) is 0 Å². The SMILES string of the molecule is CNc1ccccc1-c1cccc[c]1[Pd-2]([PH]c1c(OC(C)C)cccc1-c1c(C(C)C)cc(C(C)C)cc1C(C)C)([CH]1CCCCC1)[CH]1CCCCC1. The van der Waals surface area contributed by atoms with E-state index in [1.807, 2.05) is 0 Å². The van der Waals surface area contributed by atoms with E-state index in [9.17, 15) is 0 Å². The molecule has 6 rings (SSSR count). The minimum atomic E-state index is -2.50. The van der Waals surface area contributed by atoms with Crippen LogP contribution in [0.4, 0.5) is 5.69 Å². The van der Waals surface area contributed by atoms with Crippen molar-refractivity contribution in [2.75, 3.05) is 12.4 Å². The standard InChI is InChI=1S/C24H34OP.C13H12N.2C6H11.Pd/c1-14(2)18-12-20(15(3)4)23(21(13-18)16(5)6)19-10-9-11-22(24(19)26)25-17(7)8;1-14-13-10-6-5-9-12(13)11-7-3-2-4-8-11;2*1-2-4-6-5-3-1;/h9-17,26H,1-8H3;2-7,9-10,14H,1H3;2*1H,2-6H2;/q-1;;;;-1. The van der Waals surface area contributed by atoms with Crippen molar-refractivity contribution in [2.45, 2.75) is 152 Å². The summed E-state index contributed by atoms with van der Waals surface area (Å²) in [4.78, 5) is 0. The minimum absolute atomic E-state index is 0.114. The average Bonchev–Trinajstić information content (AvgIpc) is 3.17. The summed E-state index contributed by atoms with van der Waals surface area (Å²) in [6.07, 6.45) is 13.9. The van der Waals surface area contributed by atoms with E-state index in [2.05, 4.69) is 147 Å². The molecule has 2 nitrogen and oxygen atoms in total. The van der Waals surface area contributed by atoms with Crippen molar-refractivity contribution in [3.63, 3.8) is 0 Å². The van der Waals surface area contributed by atoms with Gasteiger partial charge < -0.3 is 0 Å². The van der Waals surface area contributed by atoms with Gasteiger partial charge in [0.15, 0.2) is 0 Å². The molecule has 0 spiro atoms. The molecule has 0 amide bonds. The summed E-state index contributed by atoms with van der Waals surface area (Å²) in [6, 6.07) is 31.1. The zero-order chi connectivity index (χ0) is 37.7. The molecule has 0 saturated heterocycles. The second-order valence-electron chi connectivity index (χ2n) is 16.6. The molecule has 0 aliphatic heterocycles. The van der Waals surface area contributed by atoms with Gasteiger partial charge in [0.05, 0.1) is 0 Å². The van der Waals surface area contributed by atoms with Crippen LogP contribution in [0.15, 0.2) is 78.9 Å². The van der Waals surface area contributed by atoms with E-state index in [1.54, 1.807) is 4.04 Å². The number of rotatable bonds is 13. The van der Waals surface area contributed by atoms with Crippen molar-refractivity contribution in [1.82, 2.24) is 0 Å². The monoisotopic (exact) mass is 823 g/mol. The Kier molecular flexibility index (Phi) is 13.7. The molecule has 2 fully saturated rings. The average molecular weight is 824 g/mol. The van der Waals surface area contributed by atoms with Crippen LogP contribution in [-0.2, 0) is 15.0 Å². The van der Waals surface area contributed by atoms with Gasteiger partial charge in [0.25, 0.3) is 0 Å². The van der Waals surface area contributed by atoms with E-state index in [0.29, 0.717) is 17.8 Å². The Balaban J connectivity index is 1.71. The van der Waals surface area contributed by atoms with Crippen molar-refractivity contribution in [3.8, 4) is 28.0 Å². The molecule has 0 aromatic heterocycles. The second-order valence-corrected chi connectivity index (χ2v) is 27.6. The summed E-state index contributed by atoms with van der Waals surface area (Å²) in [5.74, 6) is 2.47. The molecule has 2 saturated carbocycles. The molecule has 2 aliphatic rings. The summed E-state index contributed by atoms with van der Waals surface area (Å²) in [5.41, 5.74) is 11.5. The summed E-state index contributed by atoms with van der Waals surface area (Å²) < 4.78 is 10.3. The van der Waals surface area contributed by atoms with Crippen molar-refractivity contribution in [3.05, 3.63) is 95.6 Å². The van der Waals surface area contributed by atoms with Crippen LogP contribution in [0.2, 0.25) is 8.78 Å². The fourth-order valence-electron chi connectivity index (χ4n) is 8.69. The third-order valence-corrected chi connectivity index (χ3v) is 27.4. The zero-order valence-corrected chi connectivity index (χ0v) is 36.8. The molecular weight excluding hydrogens is 756 g/mol. The van der Waals surface area contributed by atoms with Gasteiger partial charge in [-0.05, 0) is 0 Å². The first-order valence-electron chi connectivity index (χ1n) is 20.8. The maximum atomic E-state index is 7.00. The first-order chi connectivity index (χ1) is 25.6. The Hall–Kier alpha value is -2.43. The normalized spacial score (nSPS) is 16.8. The van der Waals surface area contributed by atoms with Crippen LogP contribution in [0.1, 0.15) is 154 Å². The number of para-hydroxylation sites is 1. The van der Waals surface area contributed by atoms with Crippen LogP contribution in [0.5, 0.6) is 5.75 Å². The molecule has 0 radical (unpaired) electrons. The van der Waals surface area contributed by atoms with Crippen LogP contribution in [0.25, 0.3) is 22.3 Å². The first-order valence-corrected chi connectivity index (χ1v) is 26.5. The van der Waals surface area contributed by atoms with Crippen LogP contribution >= 0.6 is 6.77 Å². The van der Waals surface area contributed by atoms with Gasteiger partial charge in [-0.25, -0.2) is 0 Å². The number of ether oxygens (including phenoxy) is 1. The second kappa shape index (κ2) is 18.0. The number of benzene rings is 4. The van der Waals surface area contributed by atoms with E-state index in [4.69, 9.17) is 4.74 Å². The molecule has 0 bridgehead atoms. The Bertz CT molecular complexity index is 1770. The first kappa shape index (κ1) is 40.2. The Morgan fingerprint density at radius 1 is 0.604 bits per heavy atom. The Labute approximate surface area is 328 Å². The number of nitrogens with one attached hydrogen (secondary N) is 1. The third-order valence-electron chi connectivity index (χ3n) is 11.4. The molecule has 1 atom stereocenters. The van der Waals surface area contributed by atoms with Crippen LogP contribution in [-0.4, -0.2) is 13.2 Å². The number of anilines is 1. The molecule has 53 heavy (non-hydrogen) atoms. The van der Waals surface area contributed by atoms with E-state index in [-0.39, 0.29) is 6.10 Å². The summed E-state index contributed by atoms with van der Waals surface area (Å²) in [5, 5.41) is 5.11. The van der Waals surface area contributed by atoms with E-state index in [1.165, 1.54) is 114 Å². The fourth-order valence-corrected chi connectivity index (χ4v) is 26.6. The Morgan fingerprint density at radius 3 is 1.66 bits per heavy atom. The topological polar surface area (TPSA) is 21.3 Å². The fraction of sp³-hybridized carbons (Fsp3) is 0.510. The van der Waals surface area contributed by atoms with Crippen molar-refractivity contribution >= 4 is 21.8 Å². The molecule has 292 valence electrons. The predicted molar refractivity (Wildman–Crippen MR) is 233 cm³/mol. The number of hydrogen-bond donors (Lipinski definition) is 1. The van der Waals surface area contributed by atoms with E-state index < -0.39 is 15.0 Å². The maximum absolute atomic E-state index is 7.00. The predicted octanol–water partition coefficient (Wildman–Crippen LogP) is 14.4. The van der Waals surface area contributed by atoms with Gasteiger partial charge in [-0.3, -0.25) is 0 Å². The van der Waals surface area contributed by atoms with Gasteiger partial charge >= 0.3 is 330 Å². The van der Waals surface area contributed by atoms with Gasteiger partial charge in [0.1, 0.15) is 0 Å². The molecule has 1 unspecified atom stereocenters. The molecular formula is C49H68NOPPd-2. The van der Waals surface area contributed by atoms with Crippen LogP contribution < -0.4 is 19.4 Å². The number of hydrogen-bond acceptors (Lipinski definition) is 2. The third kappa shape index (κ3) is 8.55. The van der Waals surface area contributed by atoms with Crippen molar-refractivity contribution in [2.24, 2.45) is 0 Å². The quantitative estimate of drug-likeness (QED) is 0.107. The molecule has 4 aromatic carbocycles. The Morgan fingerprint density at radius 2 is 1.13 bits per heavy atom. The van der Waals surface area contributed by atoms with Gasteiger partial charge in [0.2, 0.25) is 0 Å². The van der Waals surface area contributed by atoms with Gasteiger partial charge in [-0.2, -0.15) is 0 Å². The zero-order valence-electron chi connectivity index (χ0n) is 34.3. The van der Waals surface area contributed by atoms with Crippen LogP contribution in [0, 0.1) is 0 Å². The molecule has 4 aromatic rings. The van der Waals surface area contributed by atoms with E-state index in [0.717, 1.165) is 21.3 Å². The van der Waals surface area contributed by atoms with Crippen LogP contribution in [0.3, 0.4) is 0 Å². The molecule has 0 heterocycles. The molecule has 4 heteroatoms. The molecule has 1 N–H and O–H groups in total. The van der Waals surface area contributed by atoms with Gasteiger partial charge in [0, 0.05) is 0 Å². The molecule has 2 aliphatic carbocycles. The van der Waals surface area contributed by atoms with Gasteiger partial charge in [-0.1, -0.05) is 0 Å². The van der Waals surface area contributed by atoms with E-state index >= 15 is 0 Å². The van der Waals surface area contributed by atoms with Crippen molar-refractivity contribution < 1.29 is 19.8 Å². The summed E-state index contributed by atoms with van der Waals surface area (Å²) >= 11 is -2.50.